The number of carbonyl (C=O) groups is 1. The maximum atomic E-state index is 11.5. The maximum absolute atomic E-state index is 11.5. The van der Waals surface area contributed by atoms with E-state index in [1.807, 2.05) is 6.07 Å². The average Bonchev–Trinajstić information content (AvgIpc) is 2.62. The van der Waals surface area contributed by atoms with E-state index in [9.17, 15) is 4.79 Å². The SMILES string of the molecule is C[C@@H](NC(=O)OC(C)(C)C)c1cc(C#N)no1. The number of rotatable bonds is 2. The molecule has 0 fully saturated rings. The lowest BCUT2D eigenvalue weighted by molar-refractivity contribution is 0.0500. The molecule has 0 radical (unpaired) electrons. The van der Waals surface area contributed by atoms with Crippen molar-refractivity contribution in [3.63, 3.8) is 0 Å². The third-order valence-corrected chi connectivity index (χ3v) is 1.80. The maximum Gasteiger partial charge on any atom is 0.408 e. The number of ether oxygens (including phenoxy) is 1. The lowest BCUT2D eigenvalue weighted by atomic mass is 10.2. The molecule has 1 N–H and O–H groups in total. The fraction of sp³-hybridized carbons (Fsp3) is 0.545. The molecule has 1 aromatic heterocycles. The summed E-state index contributed by atoms with van der Waals surface area (Å²) in [6.45, 7) is 7.05. The van der Waals surface area contributed by atoms with Crippen LogP contribution in [0.25, 0.3) is 0 Å². The number of hydrogen-bond donors (Lipinski definition) is 1. The standard InChI is InChI=1S/C11H15N3O3/c1-7(9-5-8(6-12)14-17-9)13-10(15)16-11(2,3)4/h5,7H,1-4H3,(H,13,15)/t7-/m1/s1. The molecule has 0 saturated carbocycles. The Labute approximate surface area is 99.5 Å². The van der Waals surface area contributed by atoms with Gasteiger partial charge in [0.2, 0.25) is 0 Å². The van der Waals surface area contributed by atoms with Gasteiger partial charge in [-0.05, 0) is 27.7 Å². The molecule has 1 aromatic rings. The molecule has 0 aromatic carbocycles. The Morgan fingerprint density at radius 3 is 2.76 bits per heavy atom. The summed E-state index contributed by atoms with van der Waals surface area (Å²) >= 11 is 0. The second-order valence-electron chi connectivity index (χ2n) is 4.59. The van der Waals surface area contributed by atoms with Gasteiger partial charge in [-0.15, -0.1) is 0 Å². The highest BCUT2D eigenvalue weighted by Gasteiger charge is 2.20. The van der Waals surface area contributed by atoms with Crippen molar-refractivity contribution in [2.75, 3.05) is 0 Å². The van der Waals surface area contributed by atoms with Crippen molar-refractivity contribution < 1.29 is 14.1 Å². The van der Waals surface area contributed by atoms with Crippen LogP contribution >= 0.6 is 0 Å². The van der Waals surface area contributed by atoms with Gasteiger partial charge >= 0.3 is 6.09 Å². The highest BCUT2D eigenvalue weighted by molar-refractivity contribution is 5.68. The number of aromatic nitrogens is 1. The first-order chi connectivity index (χ1) is 7.81. The molecule has 1 amide bonds. The predicted molar refractivity (Wildman–Crippen MR) is 59.0 cm³/mol. The van der Waals surface area contributed by atoms with Crippen LogP contribution in [0.5, 0.6) is 0 Å². The highest BCUT2D eigenvalue weighted by atomic mass is 16.6. The van der Waals surface area contributed by atoms with Crippen LogP contribution < -0.4 is 5.32 Å². The Hall–Kier alpha value is -2.03. The van der Waals surface area contributed by atoms with Crippen molar-refractivity contribution in [1.82, 2.24) is 10.5 Å². The van der Waals surface area contributed by atoms with Gasteiger partial charge in [0.05, 0.1) is 6.04 Å². The highest BCUT2D eigenvalue weighted by Crippen LogP contribution is 2.14. The van der Waals surface area contributed by atoms with Crippen molar-refractivity contribution in [2.45, 2.75) is 39.3 Å². The number of alkyl carbamates (subject to hydrolysis) is 1. The van der Waals surface area contributed by atoms with Crippen LogP contribution in [0, 0.1) is 11.3 Å². The molecule has 1 heterocycles. The largest absolute Gasteiger partial charge is 0.444 e. The Kier molecular flexibility index (Phi) is 3.73. The van der Waals surface area contributed by atoms with Crippen LogP contribution in [0.15, 0.2) is 10.6 Å². The van der Waals surface area contributed by atoms with Crippen molar-refractivity contribution in [3.05, 3.63) is 17.5 Å². The van der Waals surface area contributed by atoms with Gasteiger partial charge in [0.15, 0.2) is 11.5 Å². The molecule has 1 atom stereocenters. The topological polar surface area (TPSA) is 88.1 Å². The van der Waals surface area contributed by atoms with Crippen molar-refractivity contribution in [2.24, 2.45) is 0 Å². The monoisotopic (exact) mass is 237 g/mol. The summed E-state index contributed by atoms with van der Waals surface area (Å²) in [5.41, 5.74) is -0.374. The summed E-state index contributed by atoms with van der Waals surface area (Å²) in [7, 11) is 0. The second-order valence-corrected chi connectivity index (χ2v) is 4.59. The number of nitriles is 1. The van der Waals surface area contributed by atoms with Crippen LogP contribution in [0.4, 0.5) is 4.79 Å². The van der Waals surface area contributed by atoms with E-state index in [1.165, 1.54) is 6.07 Å². The van der Waals surface area contributed by atoms with E-state index < -0.39 is 17.7 Å². The Morgan fingerprint density at radius 2 is 2.29 bits per heavy atom. The molecule has 1 rings (SSSR count). The third kappa shape index (κ3) is 4.15. The minimum Gasteiger partial charge on any atom is -0.444 e. The number of carbonyl (C=O) groups excluding carboxylic acids is 1. The summed E-state index contributed by atoms with van der Waals surface area (Å²) in [5, 5.41) is 14.7. The van der Waals surface area contributed by atoms with Crippen LogP contribution in [-0.4, -0.2) is 16.9 Å². The molecular weight excluding hydrogens is 222 g/mol. The number of nitrogens with zero attached hydrogens (tertiary/aromatic N) is 2. The quantitative estimate of drug-likeness (QED) is 0.851. The zero-order valence-electron chi connectivity index (χ0n) is 10.3. The van der Waals surface area contributed by atoms with Gasteiger partial charge in [-0.1, -0.05) is 5.16 Å². The molecule has 0 spiro atoms. The summed E-state index contributed by atoms with van der Waals surface area (Å²) in [5.74, 6) is 0.410. The van der Waals surface area contributed by atoms with Crippen LogP contribution in [0.3, 0.4) is 0 Å². The summed E-state index contributed by atoms with van der Waals surface area (Å²) < 4.78 is 9.99. The summed E-state index contributed by atoms with van der Waals surface area (Å²) in [6.07, 6.45) is -0.542. The van der Waals surface area contributed by atoms with Gasteiger partial charge < -0.3 is 14.6 Å². The average molecular weight is 237 g/mol. The first kappa shape index (κ1) is 13.0. The van der Waals surface area contributed by atoms with Crippen LogP contribution in [0.1, 0.15) is 45.2 Å². The molecule has 0 saturated heterocycles. The Morgan fingerprint density at radius 1 is 1.65 bits per heavy atom. The molecule has 0 aliphatic rings. The summed E-state index contributed by atoms with van der Waals surface area (Å²) in [4.78, 5) is 11.5. The van der Waals surface area contributed by atoms with Crippen LogP contribution in [-0.2, 0) is 4.74 Å². The molecule has 17 heavy (non-hydrogen) atoms. The summed E-state index contributed by atoms with van der Waals surface area (Å²) in [6, 6.07) is 2.92. The molecule has 6 heteroatoms. The molecule has 0 bridgehead atoms. The fourth-order valence-corrected chi connectivity index (χ4v) is 1.10. The zero-order chi connectivity index (χ0) is 13.1. The molecular formula is C11H15N3O3. The van der Waals surface area contributed by atoms with Crippen LogP contribution in [0.2, 0.25) is 0 Å². The van der Waals surface area contributed by atoms with Crippen molar-refractivity contribution in [1.29, 1.82) is 5.26 Å². The third-order valence-electron chi connectivity index (χ3n) is 1.80. The van der Waals surface area contributed by atoms with E-state index in [1.54, 1.807) is 27.7 Å². The zero-order valence-corrected chi connectivity index (χ0v) is 10.3. The lowest BCUT2D eigenvalue weighted by Gasteiger charge is -2.21. The van der Waals surface area contributed by atoms with Gasteiger partial charge in [-0.25, -0.2) is 4.79 Å². The molecule has 0 aliphatic heterocycles. The lowest BCUT2D eigenvalue weighted by Crippen LogP contribution is -2.33. The van der Waals surface area contributed by atoms with E-state index in [2.05, 4.69) is 10.5 Å². The first-order valence-corrected chi connectivity index (χ1v) is 5.18. The molecule has 92 valence electrons. The minimum absolute atomic E-state index is 0.179. The van der Waals surface area contributed by atoms with Gasteiger partial charge in [0.1, 0.15) is 11.7 Å². The Balaban J connectivity index is 2.58. The first-order valence-electron chi connectivity index (χ1n) is 5.18. The van der Waals surface area contributed by atoms with Crippen molar-refractivity contribution in [3.8, 4) is 6.07 Å². The van der Waals surface area contributed by atoms with E-state index >= 15 is 0 Å². The predicted octanol–water partition coefficient (Wildman–Crippen LogP) is 2.13. The molecule has 6 nitrogen and oxygen atoms in total. The fourth-order valence-electron chi connectivity index (χ4n) is 1.10. The second kappa shape index (κ2) is 4.87. The number of amides is 1. The minimum atomic E-state index is -0.553. The number of nitrogens with one attached hydrogen (secondary N) is 1. The molecule has 0 aliphatic carbocycles. The van der Waals surface area contributed by atoms with Gasteiger partial charge in [-0.3, -0.25) is 0 Å². The Bertz CT molecular complexity index is 440. The van der Waals surface area contributed by atoms with Gasteiger partial charge in [0, 0.05) is 6.07 Å². The van der Waals surface area contributed by atoms with E-state index in [4.69, 9.17) is 14.5 Å². The van der Waals surface area contributed by atoms with E-state index in [0.717, 1.165) is 0 Å². The van der Waals surface area contributed by atoms with Crippen molar-refractivity contribution >= 4 is 6.09 Å². The number of hydrogen-bond acceptors (Lipinski definition) is 5. The van der Waals surface area contributed by atoms with E-state index in [0.29, 0.717) is 5.76 Å². The smallest absolute Gasteiger partial charge is 0.408 e. The van der Waals surface area contributed by atoms with Gasteiger partial charge in [0.25, 0.3) is 0 Å². The normalized spacial score (nSPS) is 12.6. The van der Waals surface area contributed by atoms with E-state index in [-0.39, 0.29) is 5.69 Å². The van der Waals surface area contributed by atoms with Gasteiger partial charge in [-0.2, -0.15) is 5.26 Å². The molecule has 0 unspecified atom stereocenters.